The smallest absolute Gasteiger partial charge is 0.180 e. The summed E-state index contributed by atoms with van der Waals surface area (Å²) in [5.41, 5.74) is 7.84. The first-order valence-corrected chi connectivity index (χ1v) is 7.14. The van der Waals surface area contributed by atoms with Gasteiger partial charge in [-0.2, -0.15) is 0 Å². The third kappa shape index (κ3) is 2.25. The van der Waals surface area contributed by atoms with Gasteiger partial charge in [0, 0.05) is 5.38 Å². The molecular weight excluding hydrogens is 238 g/mol. The van der Waals surface area contributed by atoms with Gasteiger partial charge in [-0.05, 0) is 12.8 Å². The number of nitrogen functional groups attached to an aromatic ring is 1. The Morgan fingerprint density at radius 2 is 2.12 bits per heavy atom. The minimum Gasteiger partial charge on any atom is -0.375 e. The molecule has 2 heterocycles. The van der Waals surface area contributed by atoms with Crippen LogP contribution in [0.1, 0.15) is 31.0 Å². The van der Waals surface area contributed by atoms with Crippen LogP contribution in [0.3, 0.4) is 0 Å². The molecular formula is C11H15N3S2. The van der Waals surface area contributed by atoms with Crippen molar-refractivity contribution in [1.29, 1.82) is 0 Å². The maximum Gasteiger partial charge on any atom is 0.180 e. The average Bonchev–Trinajstić information content (AvgIpc) is 2.85. The van der Waals surface area contributed by atoms with Crippen molar-refractivity contribution in [2.24, 2.45) is 0 Å². The van der Waals surface area contributed by atoms with Crippen LogP contribution in [-0.2, 0) is 12.8 Å². The Labute approximate surface area is 103 Å². The van der Waals surface area contributed by atoms with E-state index in [4.69, 9.17) is 5.73 Å². The molecule has 0 aliphatic heterocycles. The van der Waals surface area contributed by atoms with E-state index in [0.717, 1.165) is 25.0 Å². The van der Waals surface area contributed by atoms with Gasteiger partial charge in [0.15, 0.2) is 5.13 Å². The van der Waals surface area contributed by atoms with Crippen LogP contribution in [0.2, 0.25) is 0 Å². The normalized spacial score (nSPS) is 10.9. The zero-order valence-corrected chi connectivity index (χ0v) is 11.1. The zero-order chi connectivity index (χ0) is 11.5. The first kappa shape index (κ1) is 11.5. The van der Waals surface area contributed by atoms with E-state index in [2.05, 4.69) is 23.8 Å². The van der Waals surface area contributed by atoms with E-state index in [9.17, 15) is 0 Å². The van der Waals surface area contributed by atoms with E-state index in [1.54, 1.807) is 11.3 Å². The largest absolute Gasteiger partial charge is 0.375 e. The van der Waals surface area contributed by atoms with Crippen LogP contribution in [0.15, 0.2) is 5.38 Å². The molecule has 0 atom stereocenters. The summed E-state index contributed by atoms with van der Waals surface area (Å²) in [4.78, 5) is 10.2. The van der Waals surface area contributed by atoms with Crippen molar-refractivity contribution in [3.8, 4) is 10.6 Å². The molecule has 0 aliphatic rings. The SMILES string of the molecule is CCCc1nc(CC)sc1-c1csc(N)n1. The third-order valence-electron chi connectivity index (χ3n) is 2.29. The van der Waals surface area contributed by atoms with Crippen molar-refractivity contribution >= 4 is 27.8 Å². The average molecular weight is 253 g/mol. The third-order valence-corrected chi connectivity index (χ3v) is 4.22. The Bertz CT molecular complexity index is 473. The molecule has 86 valence electrons. The number of thiazole rings is 2. The molecule has 0 aromatic carbocycles. The van der Waals surface area contributed by atoms with Crippen molar-refractivity contribution in [2.75, 3.05) is 5.73 Å². The number of rotatable bonds is 4. The number of aromatic nitrogens is 2. The van der Waals surface area contributed by atoms with Crippen LogP contribution < -0.4 is 5.73 Å². The Kier molecular flexibility index (Phi) is 3.56. The van der Waals surface area contributed by atoms with Crippen LogP contribution in [0.25, 0.3) is 10.6 Å². The summed E-state index contributed by atoms with van der Waals surface area (Å²) in [5.74, 6) is 0. The molecule has 2 aromatic rings. The van der Waals surface area contributed by atoms with Crippen LogP contribution in [0.4, 0.5) is 5.13 Å². The van der Waals surface area contributed by atoms with E-state index in [1.165, 1.54) is 26.9 Å². The highest BCUT2D eigenvalue weighted by Gasteiger charge is 2.13. The van der Waals surface area contributed by atoms with Crippen LogP contribution in [-0.4, -0.2) is 9.97 Å². The topological polar surface area (TPSA) is 51.8 Å². The van der Waals surface area contributed by atoms with Gasteiger partial charge in [0.05, 0.1) is 21.3 Å². The molecule has 0 saturated carbocycles. The molecule has 0 bridgehead atoms. The van der Waals surface area contributed by atoms with Crippen LogP contribution >= 0.6 is 22.7 Å². The molecule has 0 radical (unpaired) electrons. The highest BCUT2D eigenvalue weighted by molar-refractivity contribution is 7.16. The molecule has 0 unspecified atom stereocenters. The monoisotopic (exact) mass is 253 g/mol. The molecule has 0 aliphatic carbocycles. The molecule has 2 N–H and O–H groups in total. The second kappa shape index (κ2) is 4.93. The van der Waals surface area contributed by atoms with Crippen LogP contribution in [0.5, 0.6) is 0 Å². The number of hydrogen-bond acceptors (Lipinski definition) is 5. The predicted octanol–water partition coefficient (Wildman–Crippen LogP) is 3.36. The Hall–Kier alpha value is -0.940. The second-order valence-corrected chi connectivity index (χ2v) is 5.53. The van der Waals surface area contributed by atoms with E-state index < -0.39 is 0 Å². The summed E-state index contributed by atoms with van der Waals surface area (Å²) in [6.07, 6.45) is 3.11. The van der Waals surface area contributed by atoms with E-state index in [0.29, 0.717) is 5.13 Å². The summed E-state index contributed by atoms with van der Waals surface area (Å²) >= 11 is 3.23. The fourth-order valence-corrected chi connectivity index (χ4v) is 3.19. The van der Waals surface area contributed by atoms with Crippen molar-refractivity contribution < 1.29 is 0 Å². The molecule has 2 aromatic heterocycles. The first-order valence-electron chi connectivity index (χ1n) is 5.44. The highest BCUT2D eigenvalue weighted by atomic mass is 32.1. The van der Waals surface area contributed by atoms with Crippen LogP contribution in [0, 0.1) is 0 Å². The first-order chi connectivity index (χ1) is 7.74. The summed E-state index contributed by atoms with van der Waals surface area (Å²) in [5, 5.41) is 3.83. The lowest BCUT2D eigenvalue weighted by molar-refractivity contribution is 0.882. The summed E-state index contributed by atoms with van der Waals surface area (Å²) in [6, 6.07) is 0. The minimum absolute atomic E-state index is 0.629. The van der Waals surface area contributed by atoms with Gasteiger partial charge in [0.1, 0.15) is 0 Å². The molecule has 5 heteroatoms. The van der Waals surface area contributed by atoms with Gasteiger partial charge in [0.25, 0.3) is 0 Å². The number of nitrogens with zero attached hydrogens (tertiary/aromatic N) is 2. The van der Waals surface area contributed by atoms with Gasteiger partial charge in [-0.3, -0.25) is 0 Å². The maximum atomic E-state index is 5.67. The number of anilines is 1. The molecule has 2 rings (SSSR count). The fraction of sp³-hybridized carbons (Fsp3) is 0.455. The van der Waals surface area contributed by atoms with Gasteiger partial charge in [0.2, 0.25) is 0 Å². The zero-order valence-electron chi connectivity index (χ0n) is 9.49. The molecule has 0 spiro atoms. The molecule has 3 nitrogen and oxygen atoms in total. The highest BCUT2D eigenvalue weighted by Crippen LogP contribution is 2.32. The number of aryl methyl sites for hydroxylation is 2. The standard InChI is InChI=1S/C11H15N3S2/c1-3-5-7-10(16-9(4-2)13-7)8-6-15-11(12)14-8/h6H,3-5H2,1-2H3,(H2,12,14). The molecule has 0 amide bonds. The predicted molar refractivity (Wildman–Crippen MR) is 71.0 cm³/mol. The second-order valence-electron chi connectivity index (χ2n) is 3.56. The lowest BCUT2D eigenvalue weighted by Crippen LogP contribution is -1.88. The van der Waals surface area contributed by atoms with Gasteiger partial charge < -0.3 is 5.73 Å². The maximum absolute atomic E-state index is 5.67. The number of nitrogens with two attached hydrogens (primary N) is 1. The molecule has 16 heavy (non-hydrogen) atoms. The molecule has 0 fully saturated rings. The minimum atomic E-state index is 0.629. The summed E-state index contributed by atoms with van der Waals surface area (Å²) < 4.78 is 0. The van der Waals surface area contributed by atoms with Gasteiger partial charge in [-0.15, -0.1) is 22.7 Å². The lowest BCUT2D eigenvalue weighted by Gasteiger charge is -1.95. The Balaban J connectivity index is 2.41. The molecule has 0 saturated heterocycles. The Morgan fingerprint density at radius 3 is 2.69 bits per heavy atom. The fourth-order valence-electron chi connectivity index (χ4n) is 1.55. The lowest BCUT2D eigenvalue weighted by atomic mass is 10.2. The summed E-state index contributed by atoms with van der Waals surface area (Å²) in [7, 11) is 0. The van der Waals surface area contributed by atoms with Crippen molar-refractivity contribution in [3.63, 3.8) is 0 Å². The van der Waals surface area contributed by atoms with Gasteiger partial charge in [-0.25, -0.2) is 9.97 Å². The van der Waals surface area contributed by atoms with Gasteiger partial charge >= 0.3 is 0 Å². The quantitative estimate of drug-likeness (QED) is 0.909. The van der Waals surface area contributed by atoms with E-state index in [-0.39, 0.29) is 0 Å². The number of hydrogen-bond donors (Lipinski definition) is 1. The van der Waals surface area contributed by atoms with Crippen molar-refractivity contribution in [2.45, 2.75) is 33.1 Å². The Morgan fingerprint density at radius 1 is 1.31 bits per heavy atom. The van der Waals surface area contributed by atoms with E-state index in [1.807, 2.05) is 5.38 Å². The van der Waals surface area contributed by atoms with Crippen molar-refractivity contribution in [1.82, 2.24) is 9.97 Å². The van der Waals surface area contributed by atoms with Gasteiger partial charge in [-0.1, -0.05) is 20.3 Å². The summed E-state index contributed by atoms with van der Waals surface area (Å²) in [6.45, 7) is 4.30. The van der Waals surface area contributed by atoms with E-state index >= 15 is 0 Å². The van der Waals surface area contributed by atoms with Crippen molar-refractivity contribution in [3.05, 3.63) is 16.1 Å².